The minimum Gasteiger partial charge on any atom is -0.318 e. The molecule has 1 aromatic heterocycles. The summed E-state index contributed by atoms with van der Waals surface area (Å²) < 4.78 is 0. The van der Waals surface area contributed by atoms with E-state index in [9.17, 15) is 0 Å². The number of nitrogens with two attached hydrogens (primary N) is 1. The lowest BCUT2D eigenvalue weighted by atomic mass is 9.98. The molecular formula is C14H23N3S. The zero-order valence-corrected chi connectivity index (χ0v) is 12.3. The van der Waals surface area contributed by atoms with Gasteiger partial charge in [-0.05, 0) is 32.1 Å². The minimum atomic E-state index is -0.209. The Kier molecular flexibility index (Phi) is 3.00. The van der Waals surface area contributed by atoms with Gasteiger partial charge in [0.05, 0.1) is 11.2 Å². The predicted octanol–water partition coefficient (Wildman–Crippen LogP) is 2.68. The molecular weight excluding hydrogens is 242 g/mol. The third kappa shape index (κ3) is 2.10. The van der Waals surface area contributed by atoms with E-state index in [2.05, 4.69) is 31.1 Å². The SMILES string of the molecule is CC(C)c1csc(C2(N)CC(C)N(C3CC3)C2)n1. The van der Waals surface area contributed by atoms with E-state index in [1.165, 1.54) is 18.5 Å². The second kappa shape index (κ2) is 4.29. The lowest BCUT2D eigenvalue weighted by Crippen LogP contribution is -2.40. The summed E-state index contributed by atoms with van der Waals surface area (Å²) in [6, 6.07) is 1.41. The predicted molar refractivity (Wildman–Crippen MR) is 75.9 cm³/mol. The van der Waals surface area contributed by atoms with Gasteiger partial charge in [0.25, 0.3) is 0 Å². The van der Waals surface area contributed by atoms with Gasteiger partial charge >= 0.3 is 0 Å². The van der Waals surface area contributed by atoms with E-state index < -0.39 is 0 Å². The third-order valence-electron chi connectivity index (χ3n) is 4.25. The van der Waals surface area contributed by atoms with Crippen LogP contribution in [-0.2, 0) is 5.54 Å². The molecule has 1 aliphatic heterocycles. The minimum absolute atomic E-state index is 0.209. The van der Waals surface area contributed by atoms with Crippen LogP contribution in [0.1, 0.15) is 56.7 Å². The van der Waals surface area contributed by atoms with Crippen LogP contribution in [0.5, 0.6) is 0 Å². The molecule has 100 valence electrons. The van der Waals surface area contributed by atoms with Crippen molar-refractivity contribution in [3.8, 4) is 0 Å². The topological polar surface area (TPSA) is 42.1 Å². The van der Waals surface area contributed by atoms with Gasteiger partial charge in [-0.3, -0.25) is 4.90 Å². The summed E-state index contributed by atoms with van der Waals surface area (Å²) in [7, 11) is 0. The number of aromatic nitrogens is 1. The van der Waals surface area contributed by atoms with Gasteiger partial charge in [0.1, 0.15) is 5.01 Å². The molecule has 1 aromatic rings. The fourth-order valence-corrected chi connectivity index (χ4v) is 4.12. The highest BCUT2D eigenvalue weighted by atomic mass is 32.1. The van der Waals surface area contributed by atoms with Crippen molar-refractivity contribution in [2.24, 2.45) is 5.73 Å². The molecule has 2 fully saturated rings. The molecule has 2 aliphatic rings. The van der Waals surface area contributed by atoms with E-state index in [-0.39, 0.29) is 5.54 Å². The van der Waals surface area contributed by atoms with E-state index in [4.69, 9.17) is 10.7 Å². The fourth-order valence-electron chi connectivity index (χ4n) is 3.02. The standard InChI is InChI=1S/C14H23N3S/c1-9(2)12-7-18-13(16-12)14(15)6-10(3)17(8-14)11-4-5-11/h7,9-11H,4-6,8,15H2,1-3H3. The molecule has 1 saturated carbocycles. The fraction of sp³-hybridized carbons (Fsp3) is 0.786. The Bertz CT molecular complexity index is 438. The van der Waals surface area contributed by atoms with Crippen molar-refractivity contribution in [3.05, 3.63) is 16.1 Å². The van der Waals surface area contributed by atoms with Crippen LogP contribution in [0.3, 0.4) is 0 Å². The van der Waals surface area contributed by atoms with E-state index in [1.54, 1.807) is 11.3 Å². The smallest absolute Gasteiger partial charge is 0.114 e. The second-order valence-electron chi connectivity index (χ2n) is 6.35. The van der Waals surface area contributed by atoms with Gasteiger partial charge in [0.2, 0.25) is 0 Å². The highest BCUT2D eigenvalue weighted by Crippen LogP contribution is 2.41. The Morgan fingerprint density at radius 2 is 2.22 bits per heavy atom. The Balaban J connectivity index is 1.81. The first-order valence-corrected chi connectivity index (χ1v) is 7.88. The highest BCUT2D eigenvalue weighted by Gasteiger charge is 2.47. The van der Waals surface area contributed by atoms with Gasteiger partial charge in [-0.15, -0.1) is 11.3 Å². The van der Waals surface area contributed by atoms with Crippen molar-refractivity contribution < 1.29 is 0 Å². The molecule has 3 rings (SSSR count). The first-order chi connectivity index (χ1) is 8.49. The van der Waals surface area contributed by atoms with Crippen LogP contribution in [0.4, 0.5) is 0 Å². The van der Waals surface area contributed by atoms with E-state index in [0.29, 0.717) is 12.0 Å². The van der Waals surface area contributed by atoms with E-state index in [0.717, 1.165) is 24.0 Å². The molecule has 1 saturated heterocycles. The Morgan fingerprint density at radius 3 is 2.78 bits per heavy atom. The van der Waals surface area contributed by atoms with Crippen LogP contribution in [-0.4, -0.2) is 28.5 Å². The zero-order valence-electron chi connectivity index (χ0n) is 11.5. The number of rotatable bonds is 3. The Morgan fingerprint density at radius 1 is 1.50 bits per heavy atom. The van der Waals surface area contributed by atoms with Crippen molar-refractivity contribution in [3.63, 3.8) is 0 Å². The van der Waals surface area contributed by atoms with Crippen molar-refractivity contribution in [1.82, 2.24) is 9.88 Å². The lowest BCUT2D eigenvalue weighted by Gasteiger charge is -2.22. The first-order valence-electron chi connectivity index (χ1n) is 7.00. The molecule has 0 amide bonds. The maximum Gasteiger partial charge on any atom is 0.114 e. The maximum atomic E-state index is 6.65. The molecule has 1 aliphatic carbocycles. The summed E-state index contributed by atoms with van der Waals surface area (Å²) in [5, 5.41) is 3.32. The summed E-state index contributed by atoms with van der Waals surface area (Å²) >= 11 is 1.75. The summed E-state index contributed by atoms with van der Waals surface area (Å²) in [6.45, 7) is 7.68. The molecule has 0 spiro atoms. The van der Waals surface area contributed by atoms with Crippen LogP contribution in [0.2, 0.25) is 0 Å². The molecule has 2 atom stereocenters. The number of likely N-dealkylation sites (tertiary alicyclic amines) is 1. The lowest BCUT2D eigenvalue weighted by molar-refractivity contribution is 0.249. The van der Waals surface area contributed by atoms with Crippen molar-refractivity contribution in [2.45, 2.75) is 63.6 Å². The van der Waals surface area contributed by atoms with Crippen LogP contribution in [0.25, 0.3) is 0 Å². The quantitative estimate of drug-likeness (QED) is 0.913. The molecule has 18 heavy (non-hydrogen) atoms. The molecule has 2 N–H and O–H groups in total. The summed E-state index contributed by atoms with van der Waals surface area (Å²) in [6.07, 6.45) is 3.76. The van der Waals surface area contributed by atoms with Gasteiger partial charge in [-0.1, -0.05) is 13.8 Å². The van der Waals surface area contributed by atoms with Gasteiger partial charge in [0, 0.05) is 24.0 Å². The number of hydrogen-bond acceptors (Lipinski definition) is 4. The van der Waals surface area contributed by atoms with E-state index >= 15 is 0 Å². The van der Waals surface area contributed by atoms with Gasteiger partial charge < -0.3 is 5.73 Å². The Labute approximate surface area is 113 Å². The third-order valence-corrected chi connectivity index (χ3v) is 5.33. The summed E-state index contributed by atoms with van der Waals surface area (Å²) in [5.41, 5.74) is 7.63. The Hall–Kier alpha value is -0.450. The number of hydrogen-bond donors (Lipinski definition) is 1. The van der Waals surface area contributed by atoms with E-state index in [1.807, 2.05) is 0 Å². The zero-order chi connectivity index (χ0) is 12.9. The van der Waals surface area contributed by atoms with Crippen LogP contribution in [0, 0.1) is 0 Å². The molecule has 2 heterocycles. The van der Waals surface area contributed by atoms with Gasteiger partial charge in [0.15, 0.2) is 0 Å². The van der Waals surface area contributed by atoms with Crippen molar-refractivity contribution in [1.29, 1.82) is 0 Å². The first kappa shape index (κ1) is 12.6. The molecule has 0 bridgehead atoms. The molecule has 2 unspecified atom stereocenters. The highest BCUT2D eigenvalue weighted by molar-refractivity contribution is 7.09. The van der Waals surface area contributed by atoms with Crippen LogP contribution in [0.15, 0.2) is 5.38 Å². The molecule has 0 radical (unpaired) electrons. The van der Waals surface area contributed by atoms with Gasteiger partial charge in [-0.2, -0.15) is 0 Å². The van der Waals surface area contributed by atoms with Crippen LogP contribution >= 0.6 is 11.3 Å². The monoisotopic (exact) mass is 265 g/mol. The normalized spacial score (nSPS) is 33.5. The van der Waals surface area contributed by atoms with Crippen LogP contribution < -0.4 is 5.73 Å². The summed E-state index contributed by atoms with van der Waals surface area (Å²) in [4.78, 5) is 7.37. The average Bonchev–Trinajstić information content (AvgIpc) is 2.90. The van der Waals surface area contributed by atoms with Crippen molar-refractivity contribution in [2.75, 3.05) is 6.54 Å². The van der Waals surface area contributed by atoms with Crippen molar-refractivity contribution >= 4 is 11.3 Å². The number of nitrogens with zero attached hydrogens (tertiary/aromatic N) is 2. The molecule has 3 nitrogen and oxygen atoms in total. The molecule has 4 heteroatoms. The number of thiazole rings is 1. The molecule has 0 aromatic carbocycles. The van der Waals surface area contributed by atoms with Gasteiger partial charge in [-0.25, -0.2) is 4.98 Å². The second-order valence-corrected chi connectivity index (χ2v) is 7.20. The average molecular weight is 265 g/mol. The maximum absolute atomic E-state index is 6.65. The largest absolute Gasteiger partial charge is 0.318 e. The summed E-state index contributed by atoms with van der Waals surface area (Å²) in [5.74, 6) is 0.497.